The Morgan fingerprint density at radius 1 is 1.47 bits per heavy atom. The van der Waals surface area contributed by atoms with Gasteiger partial charge < -0.3 is 0 Å². The Morgan fingerprint density at radius 2 is 2.07 bits per heavy atom. The molecule has 0 aliphatic carbocycles. The van der Waals surface area contributed by atoms with Gasteiger partial charge in [-0.05, 0) is 24.5 Å². The van der Waals surface area contributed by atoms with Gasteiger partial charge in [-0.15, -0.1) is 6.58 Å². The molecule has 0 bridgehead atoms. The number of allylic oxidation sites excluding steroid dienone is 1. The average molecular weight is 228 g/mol. The van der Waals surface area contributed by atoms with E-state index in [9.17, 15) is 8.42 Å². The van der Waals surface area contributed by atoms with E-state index in [1.165, 1.54) is 0 Å². The molecule has 0 spiro atoms. The van der Waals surface area contributed by atoms with Gasteiger partial charge in [-0.2, -0.15) is 8.42 Å². The van der Waals surface area contributed by atoms with Gasteiger partial charge >= 0.3 is 0 Å². The number of hydrogen-bond donors (Lipinski definition) is 1. The molecule has 0 heterocycles. The van der Waals surface area contributed by atoms with Crippen molar-refractivity contribution in [3.8, 4) is 0 Å². The van der Waals surface area contributed by atoms with Crippen LogP contribution in [0.5, 0.6) is 0 Å². The minimum absolute atomic E-state index is 0. The van der Waals surface area contributed by atoms with Crippen LogP contribution in [0.25, 0.3) is 0 Å². The van der Waals surface area contributed by atoms with Crippen LogP contribution in [-0.2, 0) is 16.5 Å². The van der Waals surface area contributed by atoms with Crippen molar-refractivity contribution >= 4 is 10.1 Å². The average Bonchev–Trinajstić information content (AvgIpc) is 2.02. The minimum atomic E-state index is -4.13. The minimum Gasteiger partial charge on any atom is -0.282 e. The summed E-state index contributed by atoms with van der Waals surface area (Å²) in [5.41, 5.74) is 1.12. The molecule has 1 rings (SSSR count). The van der Waals surface area contributed by atoms with E-state index in [1.807, 2.05) is 0 Å². The van der Waals surface area contributed by atoms with Crippen molar-refractivity contribution < 1.29 is 13.0 Å². The van der Waals surface area contributed by atoms with Gasteiger partial charge in [0.15, 0.2) is 0 Å². The SMILES string of the molecule is C.C=CCc1cccc(C)c1S(=O)(=O)O. The van der Waals surface area contributed by atoms with Gasteiger partial charge in [-0.25, -0.2) is 0 Å². The van der Waals surface area contributed by atoms with Crippen molar-refractivity contribution in [3.05, 3.63) is 42.0 Å². The first-order valence-corrected chi connectivity index (χ1v) is 5.57. The van der Waals surface area contributed by atoms with Crippen molar-refractivity contribution in [1.29, 1.82) is 0 Å². The molecule has 1 aromatic rings. The quantitative estimate of drug-likeness (QED) is 0.639. The van der Waals surface area contributed by atoms with Gasteiger partial charge in [-0.1, -0.05) is 31.7 Å². The van der Waals surface area contributed by atoms with Crippen LogP contribution in [0.3, 0.4) is 0 Å². The second kappa shape index (κ2) is 5.09. The van der Waals surface area contributed by atoms with E-state index >= 15 is 0 Å². The van der Waals surface area contributed by atoms with Crippen LogP contribution in [0.4, 0.5) is 0 Å². The molecule has 0 radical (unpaired) electrons. The highest BCUT2D eigenvalue weighted by atomic mass is 32.2. The Morgan fingerprint density at radius 3 is 2.53 bits per heavy atom. The highest BCUT2D eigenvalue weighted by Crippen LogP contribution is 2.20. The number of benzene rings is 1. The summed E-state index contributed by atoms with van der Waals surface area (Å²) in [5.74, 6) is 0. The Labute approximate surface area is 91.2 Å². The third-order valence-corrected chi connectivity index (χ3v) is 3.02. The molecule has 0 amide bonds. The van der Waals surface area contributed by atoms with Crippen LogP contribution in [-0.4, -0.2) is 13.0 Å². The smallest absolute Gasteiger partial charge is 0.282 e. The molecule has 1 N–H and O–H groups in total. The lowest BCUT2D eigenvalue weighted by molar-refractivity contribution is 0.481. The summed E-state index contributed by atoms with van der Waals surface area (Å²) >= 11 is 0. The van der Waals surface area contributed by atoms with Gasteiger partial charge in [-0.3, -0.25) is 4.55 Å². The zero-order chi connectivity index (χ0) is 10.8. The van der Waals surface area contributed by atoms with E-state index in [0.29, 0.717) is 17.5 Å². The Balaban J connectivity index is 0.00000196. The van der Waals surface area contributed by atoms with Crippen molar-refractivity contribution in [2.45, 2.75) is 25.7 Å². The van der Waals surface area contributed by atoms with Crippen LogP contribution in [0, 0.1) is 6.92 Å². The van der Waals surface area contributed by atoms with E-state index in [4.69, 9.17) is 4.55 Å². The predicted octanol–water partition coefficient (Wildman–Crippen LogP) is 2.61. The fraction of sp³-hybridized carbons (Fsp3) is 0.273. The van der Waals surface area contributed by atoms with Crippen molar-refractivity contribution in [2.75, 3.05) is 0 Å². The van der Waals surface area contributed by atoms with E-state index in [0.717, 1.165) is 0 Å². The maximum absolute atomic E-state index is 11.1. The molecule has 84 valence electrons. The summed E-state index contributed by atoms with van der Waals surface area (Å²) in [6, 6.07) is 5.07. The van der Waals surface area contributed by atoms with Crippen molar-refractivity contribution in [1.82, 2.24) is 0 Å². The molecule has 0 aliphatic heterocycles. The van der Waals surface area contributed by atoms with E-state index in [1.54, 1.807) is 31.2 Å². The molecule has 0 saturated heterocycles. The highest BCUT2D eigenvalue weighted by Gasteiger charge is 2.16. The standard InChI is InChI=1S/C10H12O3S.CH4/c1-3-5-9-7-4-6-8(2)10(9)14(11,12)13;/h3-4,6-7H,1,5H2,2H3,(H,11,12,13);1H4. The Hall–Kier alpha value is -1.13. The normalized spacial score (nSPS) is 10.5. The van der Waals surface area contributed by atoms with E-state index in [2.05, 4.69) is 6.58 Å². The largest absolute Gasteiger partial charge is 0.295 e. The molecule has 15 heavy (non-hydrogen) atoms. The molecular formula is C11H16O3S. The van der Waals surface area contributed by atoms with Crippen molar-refractivity contribution in [2.24, 2.45) is 0 Å². The summed E-state index contributed by atoms with van der Waals surface area (Å²) < 4.78 is 31.2. The summed E-state index contributed by atoms with van der Waals surface area (Å²) in [7, 11) is -4.13. The summed E-state index contributed by atoms with van der Waals surface area (Å²) in [4.78, 5) is -0.0000926. The molecule has 0 atom stereocenters. The second-order valence-corrected chi connectivity index (χ2v) is 4.39. The van der Waals surface area contributed by atoms with Crippen LogP contribution < -0.4 is 0 Å². The molecule has 0 aromatic heterocycles. The van der Waals surface area contributed by atoms with Crippen LogP contribution in [0.15, 0.2) is 35.7 Å². The molecule has 0 unspecified atom stereocenters. The number of hydrogen-bond acceptors (Lipinski definition) is 2. The Bertz CT molecular complexity index is 447. The molecular weight excluding hydrogens is 212 g/mol. The topological polar surface area (TPSA) is 54.4 Å². The lowest BCUT2D eigenvalue weighted by Crippen LogP contribution is -2.05. The lowest BCUT2D eigenvalue weighted by atomic mass is 10.1. The van der Waals surface area contributed by atoms with Crippen LogP contribution >= 0.6 is 0 Å². The molecule has 4 heteroatoms. The molecule has 3 nitrogen and oxygen atoms in total. The highest BCUT2D eigenvalue weighted by molar-refractivity contribution is 7.86. The van der Waals surface area contributed by atoms with Gasteiger partial charge in [0.05, 0.1) is 0 Å². The summed E-state index contributed by atoms with van der Waals surface area (Å²) in [6.45, 7) is 5.18. The maximum Gasteiger partial charge on any atom is 0.295 e. The first-order valence-electron chi connectivity index (χ1n) is 4.13. The monoisotopic (exact) mass is 228 g/mol. The van der Waals surface area contributed by atoms with Gasteiger partial charge in [0.1, 0.15) is 4.90 Å². The summed E-state index contributed by atoms with van der Waals surface area (Å²) in [5, 5.41) is 0. The third kappa shape index (κ3) is 3.18. The van der Waals surface area contributed by atoms with E-state index in [-0.39, 0.29) is 12.3 Å². The molecule has 0 aliphatic rings. The first kappa shape index (κ1) is 13.9. The predicted molar refractivity (Wildman–Crippen MR) is 61.6 cm³/mol. The zero-order valence-corrected chi connectivity index (χ0v) is 8.71. The molecule has 1 aromatic carbocycles. The fourth-order valence-corrected chi connectivity index (χ4v) is 2.36. The molecule has 0 saturated carbocycles. The Kier molecular flexibility index (Phi) is 4.71. The van der Waals surface area contributed by atoms with Gasteiger partial charge in [0.2, 0.25) is 0 Å². The second-order valence-electron chi connectivity index (χ2n) is 3.03. The zero-order valence-electron chi connectivity index (χ0n) is 7.90. The number of aryl methyl sites for hydroxylation is 1. The number of rotatable bonds is 3. The van der Waals surface area contributed by atoms with E-state index < -0.39 is 10.1 Å². The first-order chi connectivity index (χ1) is 6.46. The van der Waals surface area contributed by atoms with Gasteiger partial charge in [0.25, 0.3) is 10.1 Å². The molecule has 0 fully saturated rings. The van der Waals surface area contributed by atoms with Gasteiger partial charge in [0, 0.05) is 0 Å². The van der Waals surface area contributed by atoms with Crippen molar-refractivity contribution in [3.63, 3.8) is 0 Å². The maximum atomic E-state index is 11.1. The lowest BCUT2D eigenvalue weighted by Gasteiger charge is -2.07. The summed E-state index contributed by atoms with van der Waals surface area (Å²) in [6.07, 6.45) is 2.03. The third-order valence-electron chi connectivity index (χ3n) is 1.92. The fourth-order valence-electron chi connectivity index (χ4n) is 1.40. The van der Waals surface area contributed by atoms with Crippen LogP contribution in [0.2, 0.25) is 0 Å². The van der Waals surface area contributed by atoms with Crippen LogP contribution in [0.1, 0.15) is 18.6 Å².